The minimum absolute atomic E-state index is 0. The molecule has 0 atom stereocenters. The van der Waals surface area contributed by atoms with Gasteiger partial charge in [-0.3, -0.25) is 0 Å². The number of benzene rings is 4. The van der Waals surface area contributed by atoms with E-state index in [9.17, 15) is 0 Å². The van der Waals surface area contributed by atoms with Crippen LogP contribution in [0.15, 0.2) is 103 Å². The van der Waals surface area contributed by atoms with Gasteiger partial charge in [0.15, 0.2) is 0 Å². The smallest absolute Gasteiger partial charge is 0.509 e. The molecule has 0 aliphatic carbocycles. The summed E-state index contributed by atoms with van der Waals surface area (Å²) in [6.45, 7) is 8.62. The first-order chi connectivity index (χ1) is 18.0. The van der Waals surface area contributed by atoms with Crippen LogP contribution in [0.3, 0.4) is 0 Å². The Morgan fingerprint density at radius 3 is 2.08 bits per heavy atom. The molecule has 4 aromatic carbocycles. The summed E-state index contributed by atoms with van der Waals surface area (Å²) >= 11 is 0. The van der Waals surface area contributed by atoms with Crippen molar-refractivity contribution in [1.29, 1.82) is 0 Å². The molecule has 2 aliphatic rings. The average molecular weight is 680 g/mol. The zero-order chi connectivity index (χ0) is 25.4. The fraction of sp³-hybridized carbons (Fsp3) is 0.125. The second-order valence-corrected chi connectivity index (χ2v) is 9.64. The van der Waals surface area contributed by atoms with Gasteiger partial charge >= 0.3 is 21.1 Å². The SMILES string of the molecule is CN1[CH-]N(c2[c-]c(Oc3[c-]c(N4C=CN(c5ccccc5)[CH-]4)ccc3)ccc2)c2ccccc2C1(C)C.[Pt+4]. The van der Waals surface area contributed by atoms with Gasteiger partial charge in [0, 0.05) is 28.4 Å². The Labute approximate surface area is 239 Å². The number of fused-ring (bicyclic) bond motifs is 1. The van der Waals surface area contributed by atoms with Crippen molar-refractivity contribution in [2.45, 2.75) is 19.4 Å². The van der Waals surface area contributed by atoms with Crippen LogP contribution in [0.25, 0.3) is 0 Å². The van der Waals surface area contributed by atoms with Crippen LogP contribution in [-0.2, 0) is 26.6 Å². The Balaban J connectivity index is 0.00000294. The van der Waals surface area contributed by atoms with E-state index >= 15 is 0 Å². The van der Waals surface area contributed by atoms with E-state index in [1.165, 1.54) is 5.56 Å². The summed E-state index contributed by atoms with van der Waals surface area (Å²) in [6, 6.07) is 37.4. The van der Waals surface area contributed by atoms with E-state index in [0.717, 1.165) is 22.7 Å². The molecule has 0 unspecified atom stereocenters. The maximum Gasteiger partial charge on any atom is 4.00 e. The van der Waals surface area contributed by atoms with Gasteiger partial charge in [-0.25, -0.2) is 0 Å². The molecule has 192 valence electrons. The topological polar surface area (TPSA) is 22.2 Å². The zero-order valence-corrected chi connectivity index (χ0v) is 23.8. The van der Waals surface area contributed by atoms with Gasteiger partial charge in [0.05, 0.1) is 0 Å². The molecule has 0 saturated carbocycles. The third-order valence-corrected chi connectivity index (χ3v) is 6.95. The molecule has 0 amide bonds. The predicted octanol–water partition coefficient (Wildman–Crippen LogP) is 7.43. The largest absolute Gasteiger partial charge is 4.00 e. The molecule has 6 heteroatoms. The van der Waals surface area contributed by atoms with E-state index in [-0.39, 0.29) is 26.6 Å². The van der Waals surface area contributed by atoms with Crippen molar-refractivity contribution in [3.63, 3.8) is 0 Å². The molecular formula is C32H28N4OPt. The van der Waals surface area contributed by atoms with E-state index < -0.39 is 0 Å². The van der Waals surface area contributed by atoms with Crippen LogP contribution in [0.1, 0.15) is 19.4 Å². The first-order valence-electron chi connectivity index (χ1n) is 12.3. The van der Waals surface area contributed by atoms with Crippen molar-refractivity contribution in [3.8, 4) is 11.5 Å². The van der Waals surface area contributed by atoms with Crippen molar-refractivity contribution in [2.75, 3.05) is 21.7 Å². The van der Waals surface area contributed by atoms with E-state index in [0.29, 0.717) is 11.5 Å². The van der Waals surface area contributed by atoms with E-state index in [2.05, 4.69) is 96.9 Å². The summed E-state index contributed by atoms with van der Waals surface area (Å²) in [5.74, 6) is 1.27. The molecule has 2 aliphatic heterocycles. The Kier molecular flexibility index (Phi) is 7.33. The maximum absolute atomic E-state index is 6.23. The van der Waals surface area contributed by atoms with Crippen LogP contribution < -0.4 is 19.4 Å². The molecule has 0 fully saturated rings. The molecule has 2 heterocycles. The molecule has 4 aromatic rings. The van der Waals surface area contributed by atoms with Gasteiger partial charge < -0.3 is 24.3 Å². The third kappa shape index (κ3) is 4.97. The first-order valence-corrected chi connectivity index (χ1v) is 12.3. The van der Waals surface area contributed by atoms with Crippen molar-refractivity contribution in [1.82, 2.24) is 4.90 Å². The van der Waals surface area contributed by atoms with Gasteiger partial charge in [-0.2, -0.15) is 18.8 Å². The van der Waals surface area contributed by atoms with E-state index in [1.807, 2.05) is 72.5 Å². The number of anilines is 4. The van der Waals surface area contributed by atoms with Crippen molar-refractivity contribution >= 4 is 22.7 Å². The van der Waals surface area contributed by atoms with Gasteiger partial charge in [-0.1, -0.05) is 36.4 Å². The normalized spacial score (nSPS) is 16.2. The maximum atomic E-state index is 6.23. The monoisotopic (exact) mass is 679 g/mol. The summed E-state index contributed by atoms with van der Waals surface area (Å²) in [6.07, 6.45) is 4.04. The molecule has 0 bridgehead atoms. The fourth-order valence-corrected chi connectivity index (χ4v) is 4.61. The second-order valence-electron chi connectivity index (χ2n) is 9.64. The molecular weight excluding hydrogens is 651 g/mol. The number of hydrogen-bond donors (Lipinski definition) is 0. The first kappa shape index (κ1) is 26.1. The van der Waals surface area contributed by atoms with Gasteiger partial charge in [0.1, 0.15) is 0 Å². The van der Waals surface area contributed by atoms with Crippen LogP contribution in [0.2, 0.25) is 0 Å². The molecule has 6 rings (SSSR count). The van der Waals surface area contributed by atoms with Crippen LogP contribution >= 0.6 is 0 Å². The van der Waals surface area contributed by atoms with Crippen molar-refractivity contribution < 1.29 is 25.8 Å². The summed E-state index contributed by atoms with van der Waals surface area (Å²) in [4.78, 5) is 8.49. The number of rotatable bonds is 5. The quantitative estimate of drug-likeness (QED) is 0.204. The third-order valence-electron chi connectivity index (χ3n) is 6.95. The van der Waals surface area contributed by atoms with Crippen LogP contribution in [0.4, 0.5) is 22.7 Å². The Morgan fingerprint density at radius 2 is 1.32 bits per heavy atom. The standard InChI is InChI=1S/C32H28N4O.Pt/c1-32(2)30-17-7-8-18-31(30)36(23-33(32)3)27-14-10-16-29(22-27)37-28-15-9-13-26(21-28)35-20-19-34(24-35)25-11-5-4-6-12-25;/h4-20,23-24H,1-3H3;/q-4;+4. The summed E-state index contributed by atoms with van der Waals surface area (Å²) in [5.41, 5.74) is 5.22. The number of hydrogen-bond acceptors (Lipinski definition) is 5. The van der Waals surface area contributed by atoms with E-state index in [4.69, 9.17) is 4.74 Å². The zero-order valence-electron chi connectivity index (χ0n) is 21.5. The summed E-state index contributed by atoms with van der Waals surface area (Å²) < 4.78 is 6.23. The van der Waals surface area contributed by atoms with Crippen molar-refractivity contribution in [2.24, 2.45) is 0 Å². The molecule has 0 N–H and O–H groups in total. The Hall–Kier alpha value is -3.53. The van der Waals surface area contributed by atoms with Crippen molar-refractivity contribution in [3.05, 3.63) is 134 Å². The average Bonchev–Trinajstić information content (AvgIpc) is 3.42. The van der Waals surface area contributed by atoms with Gasteiger partial charge in [0.25, 0.3) is 0 Å². The van der Waals surface area contributed by atoms with Gasteiger partial charge in [0.2, 0.25) is 0 Å². The minimum atomic E-state index is -0.103. The molecule has 0 aromatic heterocycles. The predicted molar refractivity (Wildman–Crippen MR) is 149 cm³/mol. The number of para-hydroxylation sites is 2. The van der Waals surface area contributed by atoms with Crippen LogP contribution in [-0.4, -0.2) is 11.9 Å². The second kappa shape index (κ2) is 10.7. The van der Waals surface area contributed by atoms with Crippen LogP contribution in [0, 0.1) is 25.5 Å². The number of nitrogens with zero attached hydrogens (tertiary/aromatic N) is 4. The van der Waals surface area contributed by atoms with Gasteiger partial charge in [-0.15, -0.1) is 54.4 Å². The summed E-state index contributed by atoms with van der Waals surface area (Å²) in [5, 5.41) is 0. The molecule has 0 saturated heterocycles. The Morgan fingerprint density at radius 1 is 0.684 bits per heavy atom. The molecule has 0 radical (unpaired) electrons. The van der Waals surface area contributed by atoms with Gasteiger partial charge in [-0.05, 0) is 57.1 Å². The molecule has 0 spiro atoms. The Bertz CT molecular complexity index is 1440. The fourth-order valence-electron chi connectivity index (χ4n) is 4.61. The van der Waals surface area contributed by atoms with E-state index in [1.54, 1.807) is 0 Å². The van der Waals surface area contributed by atoms with Crippen LogP contribution in [0.5, 0.6) is 11.5 Å². The number of ether oxygens (including phenoxy) is 1. The molecule has 38 heavy (non-hydrogen) atoms. The summed E-state index contributed by atoms with van der Waals surface area (Å²) in [7, 11) is 2.10. The minimum Gasteiger partial charge on any atom is -0.509 e. The molecule has 5 nitrogen and oxygen atoms in total.